The van der Waals surface area contributed by atoms with Crippen LogP contribution in [0.25, 0.3) is 0 Å². The van der Waals surface area contributed by atoms with Crippen LogP contribution >= 0.6 is 12.6 Å². The summed E-state index contributed by atoms with van der Waals surface area (Å²) >= 11 is 3.97. The molecule has 9 N–H and O–H groups in total. The van der Waals surface area contributed by atoms with Crippen LogP contribution in [-0.2, 0) is 24.0 Å². The second-order valence-electron chi connectivity index (χ2n) is 6.79. The number of aliphatic hydroxyl groups excluding tert-OH is 1. The van der Waals surface area contributed by atoms with Crippen molar-refractivity contribution in [2.75, 3.05) is 12.4 Å². The maximum absolute atomic E-state index is 12.4. The molecule has 0 rings (SSSR count). The number of carbonyl (C=O) groups excluding carboxylic acids is 4. The topological polar surface area (TPSA) is 214 Å². The van der Waals surface area contributed by atoms with Crippen LogP contribution < -0.4 is 27.4 Å². The molecule has 13 heteroatoms. The molecule has 0 aromatic carbocycles. The van der Waals surface area contributed by atoms with Crippen LogP contribution in [0.15, 0.2) is 0 Å². The van der Waals surface area contributed by atoms with E-state index in [1.54, 1.807) is 13.8 Å². The van der Waals surface area contributed by atoms with Crippen molar-refractivity contribution in [3.05, 3.63) is 0 Å². The highest BCUT2D eigenvalue weighted by molar-refractivity contribution is 7.80. The number of nitrogens with one attached hydrogen (secondary N) is 3. The van der Waals surface area contributed by atoms with Gasteiger partial charge in [-0.3, -0.25) is 19.2 Å². The van der Waals surface area contributed by atoms with Crippen molar-refractivity contribution < 1.29 is 34.2 Å². The summed E-state index contributed by atoms with van der Waals surface area (Å²) in [5, 5.41) is 24.9. The average Bonchev–Trinajstić information content (AvgIpc) is 2.62. The second kappa shape index (κ2) is 13.0. The van der Waals surface area contributed by atoms with Gasteiger partial charge in [0.05, 0.1) is 13.0 Å². The summed E-state index contributed by atoms with van der Waals surface area (Å²) in [5.41, 5.74) is 10.4. The fourth-order valence-electron chi connectivity index (χ4n) is 2.20. The molecule has 0 aliphatic carbocycles. The maximum Gasteiger partial charge on any atom is 0.326 e. The molecule has 0 fully saturated rings. The molecule has 0 aromatic rings. The molecule has 12 nitrogen and oxygen atoms in total. The van der Waals surface area contributed by atoms with Crippen molar-refractivity contribution in [1.29, 1.82) is 0 Å². The van der Waals surface area contributed by atoms with Crippen LogP contribution in [0.1, 0.15) is 26.7 Å². The molecule has 0 aliphatic rings. The first-order chi connectivity index (χ1) is 13.4. The van der Waals surface area contributed by atoms with E-state index in [0.717, 1.165) is 0 Å². The number of primary amides is 1. The summed E-state index contributed by atoms with van der Waals surface area (Å²) in [6.45, 7) is 2.88. The number of aliphatic hydroxyl groups is 1. The zero-order valence-electron chi connectivity index (χ0n) is 16.3. The summed E-state index contributed by atoms with van der Waals surface area (Å²) in [4.78, 5) is 59.1. The summed E-state index contributed by atoms with van der Waals surface area (Å²) in [7, 11) is 0. The van der Waals surface area contributed by atoms with Crippen molar-refractivity contribution in [1.82, 2.24) is 16.0 Å². The second-order valence-corrected chi connectivity index (χ2v) is 7.16. The van der Waals surface area contributed by atoms with Gasteiger partial charge >= 0.3 is 5.97 Å². The zero-order valence-corrected chi connectivity index (χ0v) is 17.1. The molecule has 0 saturated carbocycles. The molecule has 0 radical (unpaired) electrons. The molecule has 0 aromatic heterocycles. The van der Waals surface area contributed by atoms with Gasteiger partial charge < -0.3 is 37.6 Å². The van der Waals surface area contributed by atoms with Gasteiger partial charge in [0.1, 0.15) is 24.2 Å². The van der Waals surface area contributed by atoms with Gasteiger partial charge in [0.25, 0.3) is 0 Å². The number of aliphatic carboxylic acids is 1. The molecule has 166 valence electrons. The highest BCUT2D eigenvalue weighted by atomic mass is 32.1. The van der Waals surface area contributed by atoms with Crippen LogP contribution in [0.4, 0.5) is 0 Å². The minimum Gasteiger partial charge on any atom is -0.480 e. The lowest BCUT2D eigenvalue weighted by molar-refractivity contribution is -0.142. The summed E-state index contributed by atoms with van der Waals surface area (Å²) in [6, 6.07) is -5.17. The van der Waals surface area contributed by atoms with Crippen molar-refractivity contribution in [2.45, 2.75) is 50.9 Å². The molecule has 4 amide bonds. The molecule has 0 saturated heterocycles. The third-order valence-corrected chi connectivity index (χ3v) is 4.07. The maximum atomic E-state index is 12.4. The molecule has 4 unspecified atom stereocenters. The number of thiol groups is 1. The van der Waals surface area contributed by atoms with E-state index in [2.05, 4.69) is 28.6 Å². The number of rotatable bonds is 13. The van der Waals surface area contributed by atoms with Crippen LogP contribution in [0, 0.1) is 5.92 Å². The standard InChI is InChI=1S/C16H29N5O7S/c1-7(2)3-10(16(27)28)20-15(26)11(6-29)21-14(25)9(4-12(18)23)19-13(24)8(17)5-22/h7-11,22,29H,3-6,17H2,1-2H3,(H2,18,23)(H,19,24)(H,20,26)(H,21,25)(H,27,28). The highest BCUT2D eigenvalue weighted by Gasteiger charge is 2.30. The number of carboxylic acid groups (broad SMARTS) is 1. The lowest BCUT2D eigenvalue weighted by Gasteiger charge is -2.24. The molecule has 4 atom stereocenters. The van der Waals surface area contributed by atoms with E-state index in [9.17, 15) is 29.1 Å². The smallest absolute Gasteiger partial charge is 0.326 e. The van der Waals surface area contributed by atoms with E-state index >= 15 is 0 Å². The molecule has 29 heavy (non-hydrogen) atoms. The third-order valence-electron chi connectivity index (χ3n) is 3.71. The van der Waals surface area contributed by atoms with Gasteiger partial charge in [-0.15, -0.1) is 0 Å². The summed E-state index contributed by atoms with van der Waals surface area (Å²) in [6.07, 6.45) is -0.407. The van der Waals surface area contributed by atoms with E-state index < -0.39 is 66.8 Å². The molecule has 0 heterocycles. The Morgan fingerprint density at radius 1 is 0.931 bits per heavy atom. The average molecular weight is 436 g/mol. The quantitative estimate of drug-likeness (QED) is 0.137. The Balaban J connectivity index is 5.21. The Kier molecular flexibility index (Phi) is 11.9. The predicted octanol–water partition coefficient (Wildman–Crippen LogP) is -3.30. The normalized spacial score (nSPS) is 15.0. The number of hydrogen-bond acceptors (Lipinski definition) is 8. The fourth-order valence-corrected chi connectivity index (χ4v) is 2.46. The van der Waals surface area contributed by atoms with Gasteiger partial charge in [0.15, 0.2) is 0 Å². The van der Waals surface area contributed by atoms with E-state index in [1.165, 1.54) is 0 Å². The SMILES string of the molecule is CC(C)CC(NC(=O)C(CS)NC(=O)C(CC(N)=O)NC(=O)C(N)CO)C(=O)O. The summed E-state index contributed by atoms with van der Waals surface area (Å²) < 4.78 is 0. The number of nitrogens with two attached hydrogens (primary N) is 2. The Bertz CT molecular complexity index is 616. The first kappa shape index (κ1) is 26.6. The van der Waals surface area contributed by atoms with Crippen molar-refractivity contribution in [3.8, 4) is 0 Å². The Morgan fingerprint density at radius 2 is 1.41 bits per heavy atom. The van der Waals surface area contributed by atoms with Crippen molar-refractivity contribution >= 4 is 42.2 Å². The van der Waals surface area contributed by atoms with Crippen molar-refractivity contribution in [2.24, 2.45) is 17.4 Å². The first-order valence-electron chi connectivity index (χ1n) is 8.82. The highest BCUT2D eigenvalue weighted by Crippen LogP contribution is 2.06. The van der Waals surface area contributed by atoms with Gasteiger partial charge in [0.2, 0.25) is 23.6 Å². The van der Waals surface area contributed by atoms with Gasteiger partial charge in [-0.05, 0) is 12.3 Å². The van der Waals surface area contributed by atoms with Gasteiger partial charge in [-0.2, -0.15) is 12.6 Å². The van der Waals surface area contributed by atoms with E-state index in [0.29, 0.717) is 0 Å². The van der Waals surface area contributed by atoms with E-state index in [4.69, 9.17) is 16.6 Å². The van der Waals surface area contributed by atoms with Crippen LogP contribution in [0.3, 0.4) is 0 Å². The van der Waals surface area contributed by atoms with E-state index in [-0.39, 0.29) is 18.1 Å². The molecular formula is C16H29N5O7S. The first-order valence-corrected chi connectivity index (χ1v) is 9.45. The number of hydrogen-bond donors (Lipinski definition) is 8. The molecule has 0 spiro atoms. The Morgan fingerprint density at radius 3 is 1.83 bits per heavy atom. The predicted molar refractivity (Wildman–Crippen MR) is 106 cm³/mol. The van der Waals surface area contributed by atoms with Crippen LogP contribution in [-0.4, -0.2) is 76.3 Å². The largest absolute Gasteiger partial charge is 0.480 e. The molecular weight excluding hydrogens is 406 g/mol. The number of amides is 4. The monoisotopic (exact) mass is 435 g/mol. The van der Waals surface area contributed by atoms with Gasteiger partial charge in [0, 0.05) is 5.75 Å². The lowest BCUT2D eigenvalue weighted by atomic mass is 10.0. The van der Waals surface area contributed by atoms with Crippen LogP contribution in [0.2, 0.25) is 0 Å². The zero-order chi connectivity index (χ0) is 22.7. The number of carbonyl (C=O) groups is 5. The summed E-state index contributed by atoms with van der Waals surface area (Å²) in [5.74, 6) is -4.94. The Labute approximate surface area is 173 Å². The minimum atomic E-state index is -1.45. The number of carboxylic acids is 1. The van der Waals surface area contributed by atoms with Crippen LogP contribution in [0.5, 0.6) is 0 Å². The third kappa shape index (κ3) is 10.1. The van der Waals surface area contributed by atoms with Crippen molar-refractivity contribution in [3.63, 3.8) is 0 Å². The fraction of sp³-hybridized carbons (Fsp3) is 0.688. The van der Waals surface area contributed by atoms with Gasteiger partial charge in [-0.1, -0.05) is 13.8 Å². The van der Waals surface area contributed by atoms with E-state index in [1.807, 2.05) is 0 Å². The minimum absolute atomic E-state index is 0.00802. The Hall–Kier alpha value is -2.38. The molecule has 0 aliphatic heterocycles. The lowest BCUT2D eigenvalue weighted by Crippen LogP contribution is -2.58. The van der Waals surface area contributed by atoms with Gasteiger partial charge in [-0.25, -0.2) is 4.79 Å². The molecule has 0 bridgehead atoms.